The highest BCUT2D eigenvalue weighted by atomic mass is 16.6. The van der Waals surface area contributed by atoms with E-state index in [9.17, 15) is 9.59 Å². The van der Waals surface area contributed by atoms with Crippen molar-refractivity contribution >= 4 is 11.9 Å². The first-order valence-electron chi connectivity index (χ1n) is 29.5. The van der Waals surface area contributed by atoms with E-state index in [0.717, 1.165) is 64.2 Å². The van der Waals surface area contributed by atoms with E-state index in [0.29, 0.717) is 19.4 Å². The molecule has 5 nitrogen and oxygen atoms in total. The minimum atomic E-state index is -0.542. The van der Waals surface area contributed by atoms with Crippen LogP contribution in [0.5, 0.6) is 0 Å². The van der Waals surface area contributed by atoms with Crippen LogP contribution < -0.4 is 0 Å². The summed E-state index contributed by atoms with van der Waals surface area (Å²) in [5, 5.41) is 0. The summed E-state index contributed by atoms with van der Waals surface area (Å²) in [6.07, 6.45) is 70.3. The average Bonchev–Trinajstić information content (AvgIpc) is 3.32. The third kappa shape index (κ3) is 54.7. The van der Waals surface area contributed by atoms with Crippen LogP contribution in [0.2, 0.25) is 0 Å². The third-order valence-electron chi connectivity index (χ3n) is 13.2. The van der Waals surface area contributed by atoms with E-state index in [2.05, 4.69) is 57.2 Å². The third-order valence-corrected chi connectivity index (χ3v) is 13.2. The molecule has 0 N–H and O–H groups in total. The second kappa shape index (κ2) is 57.4. The number of ether oxygens (including phenoxy) is 3. The summed E-state index contributed by atoms with van der Waals surface area (Å²) in [6.45, 7) is 7.74. The highest BCUT2D eigenvalue weighted by Gasteiger charge is 2.17. The van der Waals surface area contributed by atoms with Crippen molar-refractivity contribution in [1.82, 2.24) is 0 Å². The first kappa shape index (κ1) is 64.1. The number of rotatable bonds is 55. The predicted octanol–water partition coefficient (Wildman–Crippen LogP) is 20.1. The van der Waals surface area contributed by atoms with E-state index in [1.807, 2.05) is 0 Å². The van der Waals surface area contributed by atoms with E-state index in [1.54, 1.807) is 0 Å². The molecule has 0 radical (unpaired) electrons. The lowest BCUT2D eigenvalue weighted by Crippen LogP contribution is -2.30. The smallest absolute Gasteiger partial charge is 0.306 e. The standard InChI is InChI=1S/C61H114O5/c1-4-7-10-13-16-19-22-25-28-30-31-33-34-36-39-42-45-48-51-54-60(62)65-58-59(57-64-56-53-50-47-44-41-38-27-24-21-18-15-12-9-6-3)66-61(63)55-52-49-46-43-40-37-35-32-29-26-23-20-17-14-11-8-5-2/h9,12,18,21,27,38,59H,4-8,10-11,13-17,19-20,22-26,28-37,39-58H2,1-3H3/b12-9-,21-18-,38-27-. The summed E-state index contributed by atoms with van der Waals surface area (Å²) in [7, 11) is 0. The van der Waals surface area contributed by atoms with Crippen molar-refractivity contribution in [3.05, 3.63) is 36.5 Å². The van der Waals surface area contributed by atoms with E-state index in [4.69, 9.17) is 14.2 Å². The number of unbranched alkanes of at least 4 members (excludes halogenated alkanes) is 38. The van der Waals surface area contributed by atoms with Gasteiger partial charge in [-0.1, -0.05) is 288 Å². The Morgan fingerprint density at radius 1 is 0.348 bits per heavy atom. The summed E-state index contributed by atoms with van der Waals surface area (Å²) in [6, 6.07) is 0. The van der Waals surface area contributed by atoms with Crippen LogP contribution in [-0.2, 0) is 23.8 Å². The van der Waals surface area contributed by atoms with Crippen LogP contribution in [0.1, 0.15) is 316 Å². The van der Waals surface area contributed by atoms with Crippen LogP contribution in [0.15, 0.2) is 36.5 Å². The number of allylic oxidation sites excluding steroid dienone is 6. The molecule has 1 atom stereocenters. The fraction of sp³-hybridized carbons (Fsp3) is 0.869. The molecular formula is C61H114O5. The van der Waals surface area contributed by atoms with Crippen LogP contribution in [0.3, 0.4) is 0 Å². The van der Waals surface area contributed by atoms with Gasteiger partial charge >= 0.3 is 11.9 Å². The van der Waals surface area contributed by atoms with Crippen molar-refractivity contribution in [2.45, 2.75) is 322 Å². The van der Waals surface area contributed by atoms with Gasteiger partial charge in [0.1, 0.15) is 6.61 Å². The first-order chi connectivity index (χ1) is 32.6. The van der Waals surface area contributed by atoms with E-state index < -0.39 is 6.10 Å². The van der Waals surface area contributed by atoms with E-state index in [-0.39, 0.29) is 25.2 Å². The molecule has 0 saturated carbocycles. The molecule has 0 aliphatic heterocycles. The summed E-state index contributed by atoms with van der Waals surface area (Å²) in [5.74, 6) is -0.387. The Balaban J connectivity index is 4.21. The molecule has 66 heavy (non-hydrogen) atoms. The topological polar surface area (TPSA) is 61.8 Å². The molecule has 0 heterocycles. The van der Waals surface area contributed by atoms with Crippen LogP contribution in [0.25, 0.3) is 0 Å². The van der Waals surface area contributed by atoms with Crippen molar-refractivity contribution < 1.29 is 23.8 Å². The molecule has 0 spiro atoms. The maximum atomic E-state index is 12.9. The largest absolute Gasteiger partial charge is 0.462 e. The zero-order valence-corrected chi connectivity index (χ0v) is 44.7. The second-order valence-electron chi connectivity index (χ2n) is 19.9. The fourth-order valence-electron chi connectivity index (χ4n) is 8.82. The monoisotopic (exact) mass is 927 g/mol. The van der Waals surface area contributed by atoms with E-state index in [1.165, 1.54) is 218 Å². The van der Waals surface area contributed by atoms with Crippen molar-refractivity contribution in [1.29, 1.82) is 0 Å². The van der Waals surface area contributed by atoms with Gasteiger partial charge in [-0.05, 0) is 51.4 Å². The van der Waals surface area contributed by atoms with Crippen molar-refractivity contribution in [3.63, 3.8) is 0 Å². The lowest BCUT2D eigenvalue weighted by Gasteiger charge is -2.18. The summed E-state index contributed by atoms with van der Waals surface area (Å²) in [4.78, 5) is 25.5. The van der Waals surface area contributed by atoms with Gasteiger partial charge in [0.15, 0.2) is 6.10 Å². The summed E-state index contributed by atoms with van der Waals surface area (Å²) >= 11 is 0. The van der Waals surface area contributed by atoms with Gasteiger partial charge in [-0.25, -0.2) is 0 Å². The van der Waals surface area contributed by atoms with E-state index >= 15 is 0 Å². The predicted molar refractivity (Wildman–Crippen MR) is 288 cm³/mol. The molecule has 0 rings (SSSR count). The van der Waals surface area contributed by atoms with Gasteiger partial charge < -0.3 is 14.2 Å². The summed E-state index contributed by atoms with van der Waals surface area (Å²) in [5.41, 5.74) is 0. The lowest BCUT2D eigenvalue weighted by atomic mass is 10.0. The molecule has 0 amide bonds. The molecule has 0 aromatic heterocycles. The number of esters is 2. The van der Waals surface area contributed by atoms with Gasteiger partial charge in [-0.3, -0.25) is 9.59 Å². The minimum absolute atomic E-state index is 0.0830. The maximum absolute atomic E-state index is 12.9. The Hall–Kier alpha value is -1.88. The second-order valence-corrected chi connectivity index (χ2v) is 19.9. The molecule has 0 saturated heterocycles. The fourth-order valence-corrected chi connectivity index (χ4v) is 8.82. The van der Waals surface area contributed by atoms with Gasteiger partial charge in [-0.2, -0.15) is 0 Å². The Kier molecular flexibility index (Phi) is 55.8. The highest BCUT2D eigenvalue weighted by molar-refractivity contribution is 5.70. The molecule has 0 fully saturated rings. The molecule has 0 aromatic rings. The average molecular weight is 928 g/mol. The Labute approximate surface area is 412 Å². The quantitative estimate of drug-likeness (QED) is 0.0345. The summed E-state index contributed by atoms with van der Waals surface area (Å²) < 4.78 is 17.5. The maximum Gasteiger partial charge on any atom is 0.306 e. The Bertz CT molecular complexity index is 1050. The molecular weight excluding hydrogens is 813 g/mol. The van der Waals surface area contributed by atoms with Crippen molar-refractivity contribution in [3.8, 4) is 0 Å². The molecule has 388 valence electrons. The molecule has 1 unspecified atom stereocenters. The van der Waals surface area contributed by atoms with Crippen LogP contribution in [0, 0.1) is 0 Å². The van der Waals surface area contributed by atoms with Gasteiger partial charge in [0, 0.05) is 19.4 Å². The van der Waals surface area contributed by atoms with Crippen molar-refractivity contribution in [2.75, 3.05) is 19.8 Å². The molecule has 5 heteroatoms. The van der Waals surface area contributed by atoms with Crippen LogP contribution in [-0.4, -0.2) is 37.9 Å². The number of hydrogen-bond acceptors (Lipinski definition) is 5. The molecule has 0 aliphatic rings. The van der Waals surface area contributed by atoms with Gasteiger partial charge in [-0.15, -0.1) is 0 Å². The van der Waals surface area contributed by atoms with Gasteiger partial charge in [0.2, 0.25) is 0 Å². The molecule has 0 bridgehead atoms. The molecule has 0 aromatic carbocycles. The highest BCUT2D eigenvalue weighted by Crippen LogP contribution is 2.17. The Morgan fingerprint density at radius 3 is 1.09 bits per heavy atom. The lowest BCUT2D eigenvalue weighted by molar-refractivity contribution is -0.163. The zero-order chi connectivity index (χ0) is 47.7. The number of carbonyl (C=O) groups is 2. The molecule has 0 aliphatic carbocycles. The van der Waals surface area contributed by atoms with Crippen LogP contribution in [0.4, 0.5) is 0 Å². The van der Waals surface area contributed by atoms with Gasteiger partial charge in [0.05, 0.1) is 6.61 Å². The Morgan fingerprint density at radius 2 is 0.682 bits per heavy atom. The SMILES string of the molecule is CC/C=C\C/C=C\C/C=C\CCCCCCOCC(COC(=O)CCCCCCCCCCCCCCCCCCCCC)OC(=O)CCCCCCCCCCCCCCCCCCC. The normalized spacial score (nSPS) is 12.3. The number of hydrogen-bond donors (Lipinski definition) is 0. The van der Waals surface area contributed by atoms with Gasteiger partial charge in [0.25, 0.3) is 0 Å². The van der Waals surface area contributed by atoms with Crippen LogP contribution >= 0.6 is 0 Å². The van der Waals surface area contributed by atoms with Crippen molar-refractivity contribution in [2.24, 2.45) is 0 Å². The number of carbonyl (C=O) groups excluding carboxylic acids is 2. The zero-order valence-electron chi connectivity index (χ0n) is 44.7. The first-order valence-corrected chi connectivity index (χ1v) is 29.5. The minimum Gasteiger partial charge on any atom is -0.462 e.